The van der Waals surface area contributed by atoms with Crippen molar-refractivity contribution in [2.24, 2.45) is 5.10 Å². The zero-order chi connectivity index (χ0) is 17.8. The van der Waals surface area contributed by atoms with Crippen molar-refractivity contribution in [1.82, 2.24) is 9.55 Å². The fraction of sp³-hybridized carbons (Fsp3) is 0.222. The average molecular weight is 403 g/mol. The smallest absolute Gasteiger partial charge is 0.224 e. The van der Waals surface area contributed by atoms with Gasteiger partial charge in [-0.15, -0.1) is 0 Å². The second kappa shape index (κ2) is 7.57. The molecule has 2 aromatic carbocycles. The van der Waals surface area contributed by atoms with E-state index in [1.807, 2.05) is 36.4 Å². The van der Waals surface area contributed by atoms with E-state index in [2.05, 4.69) is 42.9 Å². The molecule has 0 amide bonds. The number of anilines is 1. The first-order chi connectivity index (χ1) is 12.2. The Morgan fingerprint density at radius 3 is 2.68 bits per heavy atom. The van der Waals surface area contributed by atoms with E-state index in [-0.39, 0.29) is 0 Å². The van der Waals surface area contributed by atoms with Gasteiger partial charge in [-0.3, -0.25) is 0 Å². The summed E-state index contributed by atoms with van der Waals surface area (Å²) in [6.45, 7) is 2.88. The SMILES string of the molecule is CCn1c(N/N=C\c2cc(Br)c(OC)cc2OC)nc2ccccc21. The van der Waals surface area contributed by atoms with E-state index >= 15 is 0 Å². The van der Waals surface area contributed by atoms with Crippen molar-refractivity contribution in [2.45, 2.75) is 13.5 Å². The highest BCUT2D eigenvalue weighted by Crippen LogP contribution is 2.32. The van der Waals surface area contributed by atoms with E-state index < -0.39 is 0 Å². The van der Waals surface area contributed by atoms with Crippen molar-refractivity contribution in [2.75, 3.05) is 19.6 Å². The predicted molar refractivity (Wildman–Crippen MR) is 104 cm³/mol. The quantitative estimate of drug-likeness (QED) is 0.493. The minimum atomic E-state index is 0.676. The average Bonchev–Trinajstić information content (AvgIpc) is 2.99. The van der Waals surface area contributed by atoms with Gasteiger partial charge in [0.2, 0.25) is 5.95 Å². The van der Waals surface area contributed by atoms with Crippen LogP contribution in [0.1, 0.15) is 12.5 Å². The van der Waals surface area contributed by atoms with Gasteiger partial charge in [-0.2, -0.15) is 5.10 Å². The Morgan fingerprint density at radius 1 is 1.20 bits per heavy atom. The van der Waals surface area contributed by atoms with Crippen molar-refractivity contribution in [3.8, 4) is 11.5 Å². The Morgan fingerprint density at radius 2 is 1.96 bits per heavy atom. The zero-order valence-electron chi connectivity index (χ0n) is 14.3. The summed E-state index contributed by atoms with van der Waals surface area (Å²) in [5.41, 5.74) is 5.86. The van der Waals surface area contributed by atoms with Crippen LogP contribution in [0.2, 0.25) is 0 Å². The van der Waals surface area contributed by atoms with Crippen molar-refractivity contribution >= 4 is 39.1 Å². The molecule has 0 aliphatic carbocycles. The molecule has 3 rings (SSSR count). The molecule has 130 valence electrons. The molecule has 0 aliphatic heterocycles. The van der Waals surface area contributed by atoms with E-state index in [0.717, 1.165) is 27.6 Å². The van der Waals surface area contributed by atoms with Gasteiger partial charge in [0.1, 0.15) is 11.5 Å². The van der Waals surface area contributed by atoms with Gasteiger partial charge in [-0.05, 0) is 41.1 Å². The summed E-state index contributed by atoms with van der Waals surface area (Å²) in [5, 5.41) is 4.32. The molecule has 25 heavy (non-hydrogen) atoms. The van der Waals surface area contributed by atoms with Crippen LogP contribution < -0.4 is 14.9 Å². The molecule has 0 saturated heterocycles. The topological polar surface area (TPSA) is 60.7 Å². The van der Waals surface area contributed by atoms with Gasteiger partial charge < -0.3 is 14.0 Å². The summed E-state index contributed by atoms with van der Waals surface area (Å²) >= 11 is 3.47. The number of hydrogen-bond donors (Lipinski definition) is 1. The summed E-state index contributed by atoms with van der Waals surface area (Å²) in [6, 6.07) is 11.7. The highest BCUT2D eigenvalue weighted by Gasteiger charge is 2.09. The first-order valence-electron chi connectivity index (χ1n) is 7.83. The van der Waals surface area contributed by atoms with Gasteiger partial charge in [-0.25, -0.2) is 10.4 Å². The molecule has 0 unspecified atom stereocenters. The molecule has 0 bridgehead atoms. The number of fused-ring (bicyclic) bond motifs is 1. The minimum Gasteiger partial charge on any atom is -0.496 e. The minimum absolute atomic E-state index is 0.676. The first kappa shape index (κ1) is 17.3. The molecular weight excluding hydrogens is 384 g/mol. The molecule has 1 N–H and O–H groups in total. The molecule has 0 spiro atoms. The number of hydrogen-bond acceptors (Lipinski definition) is 5. The summed E-state index contributed by atoms with van der Waals surface area (Å²) < 4.78 is 13.6. The van der Waals surface area contributed by atoms with E-state index in [9.17, 15) is 0 Å². The summed E-state index contributed by atoms with van der Waals surface area (Å²) in [4.78, 5) is 4.58. The molecule has 1 aromatic heterocycles. The lowest BCUT2D eigenvalue weighted by atomic mass is 10.2. The summed E-state index contributed by atoms with van der Waals surface area (Å²) in [5.74, 6) is 2.08. The fourth-order valence-electron chi connectivity index (χ4n) is 2.62. The Bertz CT molecular complexity index is 921. The first-order valence-corrected chi connectivity index (χ1v) is 8.63. The number of ether oxygens (including phenoxy) is 2. The van der Waals surface area contributed by atoms with Crippen LogP contribution in [0.4, 0.5) is 5.95 Å². The molecule has 0 saturated carbocycles. The summed E-state index contributed by atoms with van der Waals surface area (Å²) in [6.07, 6.45) is 1.70. The number of nitrogens with zero attached hydrogens (tertiary/aromatic N) is 3. The van der Waals surface area contributed by atoms with Crippen LogP contribution in [0.15, 0.2) is 46.0 Å². The third-order valence-corrected chi connectivity index (χ3v) is 4.46. The Balaban J connectivity index is 1.88. The number of imidazole rings is 1. The van der Waals surface area contributed by atoms with Gasteiger partial charge in [0.25, 0.3) is 0 Å². The van der Waals surface area contributed by atoms with Crippen molar-refractivity contribution in [1.29, 1.82) is 0 Å². The van der Waals surface area contributed by atoms with E-state index in [0.29, 0.717) is 17.4 Å². The lowest BCUT2D eigenvalue weighted by molar-refractivity contribution is 0.392. The van der Waals surface area contributed by atoms with Crippen LogP contribution in [0.25, 0.3) is 11.0 Å². The Labute approximate surface area is 154 Å². The lowest BCUT2D eigenvalue weighted by Crippen LogP contribution is -2.02. The van der Waals surface area contributed by atoms with Gasteiger partial charge in [0, 0.05) is 18.2 Å². The number of aryl methyl sites for hydroxylation is 1. The largest absolute Gasteiger partial charge is 0.496 e. The number of para-hydroxylation sites is 2. The monoisotopic (exact) mass is 402 g/mol. The maximum atomic E-state index is 5.40. The van der Waals surface area contributed by atoms with Gasteiger partial charge >= 0.3 is 0 Å². The number of aromatic nitrogens is 2. The van der Waals surface area contributed by atoms with Crippen LogP contribution in [0, 0.1) is 0 Å². The molecule has 1 heterocycles. The molecule has 6 nitrogen and oxygen atoms in total. The number of nitrogens with one attached hydrogen (secondary N) is 1. The van der Waals surface area contributed by atoms with Crippen LogP contribution in [-0.2, 0) is 6.54 Å². The third kappa shape index (κ3) is 3.46. The van der Waals surface area contributed by atoms with Crippen molar-refractivity contribution < 1.29 is 9.47 Å². The van der Waals surface area contributed by atoms with Gasteiger partial charge in [0.05, 0.1) is 35.9 Å². The summed E-state index contributed by atoms with van der Waals surface area (Å²) in [7, 11) is 3.23. The molecule has 3 aromatic rings. The number of halogens is 1. The molecule has 7 heteroatoms. The van der Waals surface area contributed by atoms with Gasteiger partial charge in [0.15, 0.2) is 0 Å². The molecule has 0 fully saturated rings. The zero-order valence-corrected chi connectivity index (χ0v) is 15.9. The Hall–Kier alpha value is -2.54. The number of hydrazone groups is 1. The number of benzene rings is 2. The Kier molecular flexibility index (Phi) is 5.23. The second-order valence-corrected chi connectivity index (χ2v) is 6.12. The van der Waals surface area contributed by atoms with E-state index in [4.69, 9.17) is 9.47 Å². The van der Waals surface area contributed by atoms with Crippen molar-refractivity contribution in [3.05, 3.63) is 46.4 Å². The van der Waals surface area contributed by atoms with E-state index in [1.165, 1.54) is 0 Å². The number of rotatable bonds is 6. The molecule has 0 atom stereocenters. The normalized spacial score (nSPS) is 11.2. The lowest BCUT2D eigenvalue weighted by Gasteiger charge is -2.09. The maximum absolute atomic E-state index is 5.40. The maximum Gasteiger partial charge on any atom is 0.224 e. The molecule has 0 aliphatic rings. The fourth-order valence-corrected chi connectivity index (χ4v) is 3.15. The van der Waals surface area contributed by atoms with E-state index in [1.54, 1.807) is 20.4 Å². The molecule has 0 radical (unpaired) electrons. The van der Waals surface area contributed by atoms with Crippen LogP contribution in [-0.4, -0.2) is 30.0 Å². The molecular formula is C18H19BrN4O2. The van der Waals surface area contributed by atoms with Crippen molar-refractivity contribution in [3.63, 3.8) is 0 Å². The second-order valence-electron chi connectivity index (χ2n) is 5.27. The highest BCUT2D eigenvalue weighted by molar-refractivity contribution is 9.10. The van der Waals surface area contributed by atoms with Gasteiger partial charge in [-0.1, -0.05) is 12.1 Å². The number of methoxy groups -OCH3 is 2. The highest BCUT2D eigenvalue weighted by atomic mass is 79.9. The predicted octanol–water partition coefficient (Wildman–Crippen LogP) is 4.28. The van der Waals surface area contributed by atoms with Crippen LogP contribution in [0.5, 0.6) is 11.5 Å². The third-order valence-electron chi connectivity index (χ3n) is 3.84. The van der Waals surface area contributed by atoms with Crippen LogP contribution in [0.3, 0.4) is 0 Å². The van der Waals surface area contributed by atoms with Crippen LogP contribution >= 0.6 is 15.9 Å². The standard InChI is InChI=1S/C18H19BrN4O2/c1-4-23-15-8-6-5-7-14(15)21-18(23)22-20-11-12-9-13(19)17(25-3)10-16(12)24-2/h5-11H,4H2,1-3H3,(H,21,22)/b20-11-.